The van der Waals surface area contributed by atoms with Gasteiger partial charge in [0, 0.05) is 36.7 Å². The van der Waals surface area contributed by atoms with Gasteiger partial charge in [0.15, 0.2) is 0 Å². The van der Waals surface area contributed by atoms with E-state index in [9.17, 15) is 0 Å². The van der Waals surface area contributed by atoms with Crippen molar-refractivity contribution in [3.05, 3.63) is 24.4 Å². The van der Waals surface area contributed by atoms with Crippen LogP contribution in [0.2, 0.25) is 0 Å². The van der Waals surface area contributed by atoms with Gasteiger partial charge in [0.25, 0.3) is 0 Å². The number of ether oxygens (including phenoxy) is 2. The van der Waals surface area contributed by atoms with Crippen LogP contribution in [0.1, 0.15) is 19.8 Å². The molecule has 1 aromatic heterocycles. The lowest BCUT2D eigenvalue weighted by atomic mass is 9.86. The van der Waals surface area contributed by atoms with Gasteiger partial charge in [-0.15, -0.1) is 5.10 Å². The fraction of sp³-hybridized carbons (Fsp3) is 0.550. The minimum atomic E-state index is 0.382. The van der Waals surface area contributed by atoms with Crippen LogP contribution in [0, 0.1) is 5.41 Å². The van der Waals surface area contributed by atoms with Crippen molar-refractivity contribution in [1.82, 2.24) is 20.1 Å². The second kappa shape index (κ2) is 7.31. The maximum atomic E-state index is 5.52. The Morgan fingerprint density at radius 2 is 1.96 bits per heavy atom. The number of rotatable bonds is 5. The molecule has 0 amide bonds. The summed E-state index contributed by atoms with van der Waals surface area (Å²) in [5.41, 5.74) is 2.04. The Morgan fingerprint density at radius 1 is 1.11 bits per heavy atom. The van der Waals surface area contributed by atoms with E-state index in [1.165, 1.54) is 25.9 Å². The minimum absolute atomic E-state index is 0.382. The summed E-state index contributed by atoms with van der Waals surface area (Å²) in [4.78, 5) is 9.63. The Hall–Kier alpha value is -2.41. The summed E-state index contributed by atoms with van der Waals surface area (Å²) in [6.07, 6.45) is 4.15. The molecular formula is C20H27N5O2. The number of likely N-dealkylation sites (tertiary alicyclic amines) is 1. The zero-order valence-corrected chi connectivity index (χ0v) is 16.3. The molecule has 0 aliphatic carbocycles. The molecule has 7 nitrogen and oxygen atoms in total. The lowest BCUT2D eigenvalue weighted by molar-refractivity contribution is 0.286. The van der Waals surface area contributed by atoms with Gasteiger partial charge in [-0.05, 0) is 38.1 Å². The molecule has 1 atom stereocenters. The predicted octanol–water partition coefficient (Wildman–Crippen LogP) is 2.48. The maximum absolute atomic E-state index is 5.52. The Bertz CT molecular complexity index is 815. The third kappa shape index (κ3) is 3.43. The van der Waals surface area contributed by atoms with Crippen LogP contribution in [0.4, 0.5) is 5.95 Å². The van der Waals surface area contributed by atoms with Crippen LogP contribution in [0.15, 0.2) is 24.4 Å². The molecule has 0 radical (unpaired) electrons. The molecule has 1 aromatic carbocycles. The van der Waals surface area contributed by atoms with Crippen LogP contribution in [0.3, 0.4) is 0 Å². The lowest BCUT2D eigenvalue weighted by Crippen LogP contribution is -2.31. The Morgan fingerprint density at radius 3 is 2.70 bits per heavy atom. The van der Waals surface area contributed by atoms with Gasteiger partial charge in [-0.25, -0.2) is 4.98 Å². The Balaban J connectivity index is 1.57. The number of hydrogen-bond acceptors (Lipinski definition) is 7. The molecule has 1 spiro atoms. The van der Waals surface area contributed by atoms with Crippen LogP contribution >= 0.6 is 0 Å². The molecule has 144 valence electrons. The van der Waals surface area contributed by atoms with E-state index in [1.54, 1.807) is 20.4 Å². The first-order valence-electron chi connectivity index (χ1n) is 9.56. The molecule has 0 bridgehead atoms. The number of hydrogen-bond donors (Lipinski definition) is 0. The number of methoxy groups -OCH3 is 2. The van der Waals surface area contributed by atoms with Gasteiger partial charge in [0.2, 0.25) is 5.95 Å². The predicted molar refractivity (Wildman–Crippen MR) is 104 cm³/mol. The van der Waals surface area contributed by atoms with Crippen molar-refractivity contribution in [1.29, 1.82) is 0 Å². The van der Waals surface area contributed by atoms with Crippen LogP contribution in [-0.2, 0) is 0 Å². The molecule has 2 fully saturated rings. The summed E-state index contributed by atoms with van der Waals surface area (Å²) in [5, 5.41) is 8.53. The van der Waals surface area contributed by atoms with Gasteiger partial charge >= 0.3 is 0 Å². The summed E-state index contributed by atoms with van der Waals surface area (Å²) >= 11 is 0. The average molecular weight is 369 g/mol. The third-order valence-corrected chi connectivity index (χ3v) is 5.92. The number of aromatic nitrogens is 3. The molecule has 27 heavy (non-hydrogen) atoms. The zero-order chi connectivity index (χ0) is 18.9. The van der Waals surface area contributed by atoms with Crippen LogP contribution in [0.25, 0.3) is 11.3 Å². The summed E-state index contributed by atoms with van der Waals surface area (Å²) in [6, 6.07) is 5.72. The highest BCUT2D eigenvalue weighted by molar-refractivity contribution is 5.68. The van der Waals surface area contributed by atoms with E-state index in [2.05, 4.69) is 26.9 Å². The fourth-order valence-electron chi connectivity index (χ4n) is 4.30. The van der Waals surface area contributed by atoms with Gasteiger partial charge < -0.3 is 19.3 Å². The quantitative estimate of drug-likeness (QED) is 0.802. The third-order valence-electron chi connectivity index (χ3n) is 5.92. The van der Waals surface area contributed by atoms with Crippen molar-refractivity contribution < 1.29 is 9.47 Å². The molecule has 4 rings (SSSR count). The largest absolute Gasteiger partial charge is 0.497 e. The van der Waals surface area contributed by atoms with E-state index in [0.717, 1.165) is 36.6 Å². The van der Waals surface area contributed by atoms with Gasteiger partial charge in [-0.2, -0.15) is 5.10 Å². The van der Waals surface area contributed by atoms with Crippen LogP contribution in [-0.4, -0.2) is 67.0 Å². The highest BCUT2D eigenvalue weighted by Crippen LogP contribution is 2.40. The molecule has 3 heterocycles. The summed E-state index contributed by atoms with van der Waals surface area (Å²) < 4.78 is 10.8. The molecular weight excluding hydrogens is 342 g/mol. The SMILES string of the molecule is CCN1CC[C@@]2(CCN(c3nncc(-c4ccc(OC)cc4OC)n3)C2)C1. The van der Waals surface area contributed by atoms with E-state index in [-0.39, 0.29) is 0 Å². The van der Waals surface area contributed by atoms with E-state index in [1.807, 2.05) is 18.2 Å². The highest BCUT2D eigenvalue weighted by Gasteiger charge is 2.43. The van der Waals surface area contributed by atoms with Crippen molar-refractivity contribution in [2.45, 2.75) is 19.8 Å². The molecule has 0 N–H and O–H groups in total. The standard InChI is InChI=1S/C20H27N5O2/c1-4-24-9-7-20(13-24)8-10-25(14-20)19-22-17(12-21-23-19)16-6-5-15(26-2)11-18(16)27-3/h5-6,11-12H,4,7-10,13-14H2,1-3H3/t20-/m1/s1. The first-order chi connectivity index (χ1) is 13.2. The van der Waals surface area contributed by atoms with Crippen molar-refractivity contribution in [3.8, 4) is 22.8 Å². The second-order valence-corrected chi connectivity index (χ2v) is 7.50. The molecule has 2 aromatic rings. The molecule has 2 saturated heterocycles. The van der Waals surface area contributed by atoms with E-state index in [4.69, 9.17) is 14.5 Å². The molecule has 0 unspecified atom stereocenters. The summed E-state index contributed by atoms with van der Waals surface area (Å²) in [6.45, 7) is 7.75. The first-order valence-corrected chi connectivity index (χ1v) is 9.56. The molecule has 2 aliphatic rings. The lowest BCUT2D eigenvalue weighted by Gasteiger charge is -2.24. The molecule has 2 aliphatic heterocycles. The zero-order valence-electron chi connectivity index (χ0n) is 16.3. The summed E-state index contributed by atoms with van der Waals surface area (Å²) in [5.74, 6) is 2.17. The number of nitrogens with zero attached hydrogens (tertiary/aromatic N) is 5. The van der Waals surface area contributed by atoms with Crippen molar-refractivity contribution >= 4 is 5.95 Å². The van der Waals surface area contributed by atoms with E-state index in [0.29, 0.717) is 17.1 Å². The monoisotopic (exact) mass is 369 g/mol. The summed E-state index contributed by atoms with van der Waals surface area (Å²) in [7, 11) is 3.29. The van der Waals surface area contributed by atoms with E-state index < -0.39 is 0 Å². The molecule has 7 heteroatoms. The van der Waals surface area contributed by atoms with Crippen molar-refractivity contribution in [2.75, 3.05) is 51.8 Å². The fourth-order valence-corrected chi connectivity index (χ4v) is 4.30. The van der Waals surface area contributed by atoms with Crippen LogP contribution in [0.5, 0.6) is 11.5 Å². The highest BCUT2D eigenvalue weighted by atomic mass is 16.5. The topological polar surface area (TPSA) is 63.6 Å². The first kappa shape index (κ1) is 18.0. The second-order valence-electron chi connectivity index (χ2n) is 7.50. The smallest absolute Gasteiger partial charge is 0.245 e. The van der Waals surface area contributed by atoms with E-state index >= 15 is 0 Å². The Labute approximate surface area is 160 Å². The van der Waals surface area contributed by atoms with Crippen LogP contribution < -0.4 is 14.4 Å². The number of benzene rings is 1. The van der Waals surface area contributed by atoms with Gasteiger partial charge in [-0.1, -0.05) is 6.92 Å². The van der Waals surface area contributed by atoms with Gasteiger partial charge in [-0.3, -0.25) is 0 Å². The van der Waals surface area contributed by atoms with Gasteiger partial charge in [0.1, 0.15) is 11.5 Å². The maximum Gasteiger partial charge on any atom is 0.245 e. The van der Waals surface area contributed by atoms with Crippen molar-refractivity contribution in [2.24, 2.45) is 5.41 Å². The van der Waals surface area contributed by atoms with Crippen molar-refractivity contribution in [3.63, 3.8) is 0 Å². The minimum Gasteiger partial charge on any atom is -0.497 e. The average Bonchev–Trinajstić information content (AvgIpc) is 3.34. The normalized spacial score (nSPS) is 22.6. The number of anilines is 1. The molecule has 0 saturated carbocycles. The Kier molecular flexibility index (Phi) is 4.86. The van der Waals surface area contributed by atoms with Gasteiger partial charge in [0.05, 0.1) is 26.1 Å².